The molecule has 1 unspecified atom stereocenters. The fourth-order valence-electron chi connectivity index (χ4n) is 9.18. The highest BCUT2D eigenvalue weighted by Crippen LogP contribution is 2.36. The van der Waals surface area contributed by atoms with Gasteiger partial charge in [0.15, 0.2) is 6.10 Å². The second kappa shape index (κ2) is 20.8. The van der Waals surface area contributed by atoms with E-state index in [1.807, 2.05) is 109 Å². The summed E-state index contributed by atoms with van der Waals surface area (Å²) < 4.78 is 19.2. The number of phenols is 1. The molecule has 332 valence electrons. The predicted octanol–water partition coefficient (Wildman–Crippen LogP) is 7.99. The van der Waals surface area contributed by atoms with Crippen LogP contribution >= 0.6 is 0 Å². The minimum Gasteiger partial charge on any atom is -0.506 e. The molecule has 0 radical (unpaired) electrons. The van der Waals surface area contributed by atoms with Crippen molar-refractivity contribution in [2.45, 2.75) is 57.0 Å². The summed E-state index contributed by atoms with van der Waals surface area (Å²) in [5.41, 5.74) is 4.11. The number of fused-ring (bicyclic) bond motifs is 4. The summed E-state index contributed by atoms with van der Waals surface area (Å²) in [7, 11) is 0. The number of unbranched alkanes of at least 4 members (excludes halogenated alkanes) is 2. The fraction of sp³-hybridized carbons (Fsp3) is 0.327. The highest BCUT2D eigenvalue weighted by Gasteiger charge is 2.48. The summed E-state index contributed by atoms with van der Waals surface area (Å²) >= 11 is 0. The van der Waals surface area contributed by atoms with Crippen molar-refractivity contribution in [2.75, 3.05) is 45.9 Å². The molecule has 3 aliphatic rings. The molecule has 5 N–H and O–H groups in total. The van der Waals surface area contributed by atoms with E-state index < -0.39 is 18.2 Å². The number of aromatic hydroxyl groups is 1. The van der Waals surface area contributed by atoms with Crippen molar-refractivity contribution in [3.05, 3.63) is 172 Å². The van der Waals surface area contributed by atoms with E-state index in [9.17, 15) is 24.6 Å². The number of rotatable bonds is 20. The minimum atomic E-state index is -0.794. The first-order valence-electron chi connectivity index (χ1n) is 22.4. The summed E-state index contributed by atoms with van der Waals surface area (Å²) in [6.07, 6.45) is 3.05. The third-order valence-corrected chi connectivity index (χ3v) is 12.6. The van der Waals surface area contributed by atoms with E-state index in [0.29, 0.717) is 59.5 Å². The number of quaternary nitrogens is 1. The smallest absolute Gasteiger partial charge is 0.408 e. The molecule has 3 atom stereocenters. The summed E-state index contributed by atoms with van der Waals surface area (Å²) in [6, 6.07) is 40.6. The van der Waals surface area contributed by atoms with E-state index >= 15 is 0 Å². The Morgan fingerprint density at radius 3 is 2.31 bits per heavy atom. The quantitative estimate of drug-likeness (QED) is 0.0291. The van der Waals surface area contributed by atoms with Crippen LogP contribution in [-0.4, -0.2) is 83.5 Å². The van der Waals surface area contributed by atoms with Gasteiger partial charge >= 0.3 is 6.09 Å². The highest BCUT2D eigenvalue weighted by molar-refractivity contribution is 5.97. The molecule has 0 spiro atoms. The second-order valence-electron chi connectivity index (χ2n) is 17.1. The second-order valence-corrected chi connectivity index (χ2v) is 17.1. The van der Waals surface area contributed by atoms with Gasteiger partial charge in [0.2, 0.25) is 11.3 Å². The van der Waals surface area contributed by atoms with Crippen LogP contribution in [0.1, 0.15) is 76.9 Å². The lowest BCUT2D eigenvalue weighted by atomic mass is 9.83. The number of benzene rings is 5. The number of ketones is 1. The van der Waals surface area contributed by atoms with Gasteiger partial charge in [0.05, 0.1) is 37.4 Å². The number of aromatic amines is 1. The van der Waals surface area contributed by atoms with Gasteiger partial charge in [0, 0.05) is 42.3 Å². The zero-order valence-corrected chi connectivity index (χ0v) is 36.0. The number of hydrogen-bond donors (Lipinski definition) is 5. The number of alkyl carbamates (subject to hydrolysis) is 1. The molecule has 5 aromatic carbocycles. The van der Waals surface area contributed by atoms with Crippen LogP contribution < -0.4 is 25.7 Å². The van der Waals surface area contributed by atoms with E-state index in [-0.39, 0.29) is 29.1 Å². The van der Waals surface area contributed by atoms with Crippen molar-refractivity contribution < 1.29 is 38.5 Å². The molecule has 1 aromatic heterocycles. The number of amides is 1. The van der Waals surface area contributed by atoms with Gasteiger partial charge in [-0.3, -0.25) is 9.59 Å². The van der Waals surface area contributed by atoms with Gasteiger partial charge in [0.1, 0.15) is 36.9 Å². The monoisotopic (exact) mass is 865 g/mol. The number of aliphatic hydroxyl groups excluding tert-OH is 1. The number of Topliss-reactive ketones (excluding diaryl/α,β-unsaturated/α-hetero) is 1. The Morgan fingerprint density at radius 1 is 0.781 bits per heavy atom. The van der Waals surface area contributed by atoms with E-state index in [1.54, 1.807) is 12.1 Å². The number of aliphatic hydroxyl groups is 1. The van der Waals surface area contributed by atoms with E-state index in [1.165, 1.54) is 12.1 Å². The molecule has 0 saturated carbocycles. The Bertz CT molecular complexity index is 2560. The van der Waals surface area contributed by atoms with Crippen LogP contribution in [0.25, 0.3) is 10.9 Å². The van der Waals surface area contributed by atoms with Crippen molar-refractivity contribution >= 4 is 22.8 Å². The van der Waals surface area contributed by atoms with Crippen LogP contribution in [0, 0.1) is 5.92 Å². The number of H-pyrrole nitrogens is 1. The van der Waals surface area contributed by atoms with Gasteiger partial charge < -0.3 is 44.5 Å². The molecule has 2 bridgehead atoms. The van der Waals surface area contributed by atoms with Crippen LogP contribution in [0.15, 0.2) is 138 Å². The van der Waals surface area contributed by atoms with Crippen LogP contribution in [-0.2, 0) is 11.3 Å². The lowest BCUT2D eigenvalue weighted by Crippen LogP contribution is -2.66. The Balaban J connectivity index is 0.794. The lowest BCUT2D eigenvalue weighted by Gasteiger charge is -2.51. The van der Waals surface area contributed by atoms with Crippen LogP contribution in [0.2, 0.25) is 0 Å². The number of carbonyl (C=O) groups is 2. The first-order valence-corrected chi connectivity index (χ1v) is 22.4. The average Bonchev–Trinajstić information content (AvgIpc) is 3.32. The molecule has 12 heteroatoms. The maximum atomic E-state index is 13.7. The van der Waals surface area contributed by atoms with Gasteiger partial charge in [-0.05, 0) is 84.5 Å². The van der Waals surface area contributed by atoms with Gasteiger partial charge in [-0.25, -0.2) is 4.79 Å². The number of aromatic nitrogens is 1. The molecule has 0 aliphatic carbocycles. The van der Waals surface area contributed by atoms with Crippen molar-refractivity contribution in [2.24, 2.45) is 5.92 Å². The first kappa shape index (κ1) is 44.1. The average molecular weight is 866 g/mol. The highest BCUT2D eigenvalue weighted by atomic mass is 16.6. The summed E-state index contributed by atoms with van der Waals surface area (Å²) in [5, 5.41) is 28.0. The molecule has 6 aromatic rings. The number of nitrogens with zero attached hydrogens (tertiary/aromatic N) is 1. The standard InChI is InChI=1S/C52H56N4O8/c57-45-22-20-43(44-21-23-49(60)54-51(44)45)46(58)32-53-26-8-3-9-29-62-41-18-10-12-36(30-41)35-63-42-19-11-17-40(31-42)50(39-15-6-2-7-16-39)55-52(61)64-48-34-56(27-24-38(48)25-28-56)33-47(59)37-13-4-1-5-14-37/h1-2,4-7,10-23,30-31,38,46,48,50,53,58H,3,8-9,24-29,32-35H2,(H2-,54,55,57,60,61)/p+1/t38?,46-,48+,50?,56?/m1/s1. The number of piperidine rings is 3. The normalized spacial score (nSPS) is 18.8. The molecule has 3 saturated heterocycles. The Kier molecular flexibility index (Phi) is 14.4. The summed E-state index contributed by atoms with van der Waals surface area (Å²) in [4.78, 5) is 41.3. The van der Waals surface area contributed by atoms with Gasteiger partial charge in [-0.2, -0.15) is 0 Å². The number of phenolic OH excluding ortho intramolecular Hbond substituents is 1. The summed E-state index contributed by atoms with van der Waals surface area (Å²) in [5.74, 6) is 1.82. The van der Waals surface area contributed by atoms with Gasteiger partial charge in [-0.1, -0.05) is 91.0 Å². The van der Waals surface area contributed by atoms with Gasteiger partial charge in [0.25, 0.3) is 0 Å². The van der Waals surface area contributed by atoms with Crippen LogP contribution in [0.3, 0.4) is 0 Å². The van der Waals surface area contributed by atoms with Gasteiger partial charge in [-0.15, -0.1) is 0 Å². The number of nitrogens with one attached hydrogen (secondary N) is 3. The van der Waals surface area contributed by atoms with Crippen molar-refractivity contribution in [1.82, 2.24) is 15.6 Å². The molecule has 3 aliphatic heterocycles. The third kappa shape index (κ3) is 11.2. The summed E-state index contributed by atoms with van der Waals surface area (Å²) in [6.45, 7) is 4.87. The Hall–Kier alpha value is -6.47. The SMILES string of the molecule is O=C(NC(c1ccccc1)c1cccc(OCc2cccc(OCCCCCNC[C@@H](O)c3ccc(O)c4[nH]c(=O)ccc34)c2)c1)O[C@H]1C[N+]2(CC(=O)c3ccccc3)CCC1CC2. The van der Waals surface area contributed by atoms with Crippen LogP contribution in [0.4, 0.5) is 4.79 Å². The molecule has 64 heavy (non-hydrogen) atoms. The van der Waals surface area contributed by atoms with E-state index in [4.69, 9.17) is 14.2 Å². The number of pyridine rings is 1. The maximum absolute atomic E-state index is 13.7. The number of ether oxygens (including phenoxy) is 3. The van der Waals surface area contributed by atoms with E-state index in [2.05, 4.69) is 15.6 Å². The molecule has 1 amide bonds. The maximum Gasteiger partial charge on any atom is 0.408 e. The zero-order chi connectivity index (χ0) is 44.3. The van der Waals surface area contributed by atoms with Crippen LogP contribution in [0.5, 0.6) is 17.2 Å². The lowest BCUT2D eigenvalue weighted by molar-refractivity contribution is -0.938. The zero-order valence-electron chi connectivity index (χ0n) is 36.0. The van der Waals surface area contributed by atoms with Crippen molar-refractivity contribution in [3.8, 4) is 17.2 Å². The number of carbonyl (C=O) groups excluding carboxylic acids is 2. The van der Waals surface area contributed by atoms with E-state index in [0.717, 1.165) is 79.7 Å². The van der Waals surface area contributed by atoms with Crippen molar-refractivity contribution in [1.29, 1.82) is 0 Å². The van der Waals surface area contributed by atoms with Crippen molar-refractivity contribution in [3.63, 3.8) is 0 Å². The molecule has 4 heterocycles. The largest absolute Gasteiger partial charge is 0.506 e. The molecular weight excluding hydrogens is 809 g/mol. The molecular formula is C52H57N4O8+. The Labute approximate surface area is 373 Å². The first-order chi connectivity index (χ1) is 31.2. The molecule has 3 fully saturated rings. The Morgan fingerprint density at radius 2 is 1.52 bits per heavy atom. The third-order valence-electron chi connectivity index (χ3n) is 12.6. The fourth-order valence-corrected chi connectivity index (χ4v) is 9.18. The number of hydrogen-bond acceptors (Lipinski definition) is 9. The topological polar surface area (TPSA) is 159 Å². The minimum absolute atomic E-state index is 0.0319. The molecule has 12 nitrogen and oxygen atoms in total. The predicted molar refractivity (Wildman–Crippen MR) is 246 cm³/mol. The molecule has 9 rings (SSSR count).